The number of halogens is 2. The van der Waals surface area contributed by atoms with Crippen molar-refractivity contribution in [3.63, 3.8) is 0 Å². The lowest BCUT2D eigenvalue weighted by Gasteiger charge is -2.21. The van der Waals surface area contributed by atoms with E-state index in [-0.39, 0.29) is 22.2 Å². The average molecular weight is 506 g/mol. The van der Waals surface area contributed by atoms with E-state index < -0.39 is 22.8 Å². The highest BCUT2D eigenvalue weighted by molar-refractivity contribution is 6.42. The highest BCUT2D eigenvalue weighted by Crippen LogP contribution is 2.27. The van der Waals surface area contributed by atoms with E-state index in [9.17, 15) is 19.7 Å². The lowest BCUT2D eigenvalue weighted by Crippen LogP contribution is -2.48. The SMILES string of the molecule is CC(C)C(NC(=O)c1ccc(Cl)c(Cl)c1)C(=O)N/N=C/c1cc([N+](=O)[O-])ccc1N1CCCC1. The number of nitro benzene ring substituents is 1. The molecular weight excluding hydrogens is 481 g/mol. The summed E-state index contributed by atoms with van der Waals surface area (Å²) in [5.74, 6) is -1.24. The van der Waals surface area contributed by atoms with Crippen LogP contribution in [0.1, 0.15) is 42.6 Å². The van der Waals surface area contributed by atoms with Crippen molar-refractivity contribution >= 4 is 52.6 Å². The van der Waals surface area contributed by atoms with E-state index in [0.717, 1.165) is 31.6 Å². The molecule has 0 aliphatic carbocycles. The standard InChI is InChI=1S/C23H25Cl2N5O4/c1-14(2)21(27-22(31)15-5-7-18(24)19(25)12-15)23(32)28-26-13-16-11-17(30(33)34)6-8-20(16)29-9-3-4-10-29/h5-8,11-14,21H,3-4,9-10H2,1-2H3,(H,27,31)(H,28,32)/b26-13+. The molecule has 1 aliphatic rings. The fourth-order valence-electron chi connectivity index (χ4n) is 3.64. The van der Waals surface area contributed by atoms with Crippen LogP contribution < -0.4 is 15.6 Å². The van der Waals surface area contributed by atoms with Gasteiger partial charge in [0.05, 0.1) is 21.2 Å². The number of rotatable bonds is 8. The molecule has 0 aromatic heterocycles. The van der Waals surface area contributed by atoms with Crippen LogP contribution in [0.3, 0.4) is 0 Å². The molecule has 3 rings (SSSR count). The first kappa shape index (κ1) is 25.5. The molecule has 2 aromatic carbocycles. The number of hydrogen-bond acceptors (Lipinski definition) is 6. The number of non-ortho nitro benzene ring substituents is 1. The largest absolute Gasteiger partial charge is 0.371 e. The summed E-state index contributed by atoms with van der Waals surface area (Å²) >= 11 is 11.9. The van der Waals surface area contributed by atoms with E-state index in [1.54, 1.807) is 19.9 Å². The number of benzene rings is 2. The third-order valence-electron chi connectivity index (χ3n) is 5.46. The molecule has 1 unspecified atom stereocenters. The van der Waals surface area contributed by atoms with Crippen molar-refractivity contribution in [1.82, 2.24) is 10.7 Å². The number of nitrogens with one attached hydrogen (secondary N) is 2. The van der Waals surface area contributed by atoms with E-state index in [0.29, 0.717) is 10.6 Å². The molecule has 1 heterocycles. The second kappa shape index (κ2) is 11.3. The zero-order valence-electron chi connectivity index (χ0n) is 18.8. The Morgan fingerprint density at radius 1 is 1.12 bits per heavy atom. The minimum absolute atomic E-state index is 0.0651. The number of hydrogen-bond donors (Lipinski definition) is 2. The van der Waals surface area contributed by atoms with Gasteiger partial charge in [-0.15, -0.1) is 0 Å². The second-order valence-corrected chi connectivity index (χ2v) is 9.07. The van der Waals surface area contributed by atoms with Crippen molar-refractivity contribution in [2.75, 3.05) is 18.0 Å². The first-order chi connectivity index (χ1) is 16.2. The van der Waals surface area contributed by atoms with E-state index in [4.69, 9.17) is 23.2 Å². The van der Waals surface area contributed by atoms with Crippen molar-refractivity contribution in [2.45, 2.75) is 32.7 Å². The number of amides is 2. The molecule has 2 N–H and O–H groups in total. The molecule has 34 heavy (non-hydrogen) atoms. The molecule has 1 saturated heterocycles. The van der Waals surface area contributed by atoms with Gasteiger partial charge in [-0.1, -0.05) is 37.0 Å². The molecular formula is C23H25Cl2N5O4. The van der Waals surface area contributed by atoms with Crippen LogP contribution in [0, 0.1) is 16.0 Å². The first-order valence-electron chi connectivity index (χ1n) is 10.8. The lowest BCUT2D eigenvalue weighted by atomic mass is 10.0. The summed E-state index contributed by atoms with van der Waals surface area (Å²) in [5.41, 5.74) is 3.98. The Hall–Kier alpha value is -3.17. The fraction of sp³-hybridized carbons (Fsp3) is 0.348. The quantitative estimate of drug-likeness (QED) is 0.313. The Balaban J connectivity index is 1.73. The molecule has 2 aromatic rings. The third kappa shape index (κ3) is 6.24. The van der Waals surface area contributed by atoms with Gasteiger partial charge in [-0.25, -0.2) is 5.43 Å². The molecule has 0 bridgehead atoms. The Bertz CT molecular complexity index is 1120. The number of nitro groups is 1. The van der Waals surface area contributed by atoms with Gasteiger partial charge >= 0.3 is 0 Å². The molecule has 11 heteroatoms. The molecule has 1 atom stereocenters. The number of nitrogens with zero attached hydrogens (tertiary/aromatic N) is 3. The van der Waals surface area contributed by atoms with Crippen LogP contribution in [0.15, 0.2) is 41.5 Å². The average Bonchev–Trinajstić information content (AvgIpc) is 3.33. The first-order valence-corrected chi connectivity index (χ1v) is 11.5. The zero-order valence-corrected chi connectivity index (χ0v) is 20.3. The smallest absolute Gasteiger partial charge is 0.270 e. The Morgan fingerprint density at radius 2 is 1.82 bits per heavy atom. The molecule has 0 spiro atoms. The predicted octanol–water partition coefficient (Wildman–Crippen LogP) is 4.41. The summed E-state index contributed by atoms with van der Waals surface area (Å²) in [4.78, 5) is 38.3. The predicted molar refractivity (Wildman–Crippen MR) is 133 cm³/mol. The summed E-state index contributed by atoms with van der Waals surface area (Å²) in [6.07, 6.45) is 3.47. The fourth-order valence-corrected chi connectivity index (χ4v) is 3.93. The zero-order chi connectivity index (χ0) is 24.8. The van der Waals surface area contributed by atoms with Gasteiger partial charge < -0.3 is 10.2 Å². The Kier molecular flexibility index (Phi) is 8.46. The van der Waals surface area contributed by atoms with Crippen molar-refractivity contribution < 1.29 is 14.5 Å². The normalized spacial score (nSPS) is 14.4. The molecule has 0 saturated carbocycles. The highest BCUT2D eigenvalue weighted by atomic mass is 35.5. The maximum Gasteiger partial charge on any atom is 0.270 e. The van der Waals surface area contributed by atoms with Gasteiger partial charge in [0.25, 0.3) is 17.5 Å². The maximum atomic E-state index is 12.8. The Labute approximate surface area is 207 Å². The van der Waals surface area contributed by atoms with Gasteiger partial charge in [-0.3, -0.25) is 19.7 Å². The third-order valence-corrected chi connectivity index (χ3v) is 6.20. The summed E-state index contributed by atoms with van der Waals surface area (Å²) in [7, 11) is 0. The highest BCUT2D eigenvalue weighted by Gasteiger charge is 2.25. The van der Waals surface area contributed by atoms with Gasteiger partial charge in [-0.2, -0.15) is 5.10 Å². The molecule has 0 radical (unpaired) electrons. The summed E-state index contributed by atoms with van der Waals surface area (Å²) in [6.45, 7) is 5.27. The summed E-state index contributed by atoms with van der Waals surface area (Å²) in [5, 5.41) is 18.5. The molecule has 1 aliphatic heterocycles. The van der Waals surface area contributed by atoms with Crippen molar-refractivity contribution in [3.8, 4) is 0 Å². The van der Waals surface area contributed by atoms with E-state index in [1.165, 1.54) is 36.5 Å². The lowest BCUT2D eigenvalue weighted by molar-refractivity contribution is -0.384. The van der Waals surface area contributed by atoms with Gasteiger partial charge in [0.1, 0.15) is 6.04 Å². The molecule has 2 amide bonds. The maximum absolute atomic E-state index is 12.8. The van der Waals surface area contributed by atoms with E-state index in [1.807, 2.05) is 0 Å². The Morgan fingerprint density at radius 3 is 2.44 bits per heavy atom. The van der Waals surface area contributed by atoms with Crippen molar-refractivity contribution in [2.24, 2.45) is 11.0 Å². The number of carbonyl (C=O) groups excluding carboxylic acids is 2. The van der Waals surface area contributed by atoms with Crippen molar-refractivity contribution in [3.05, 3.63) is 67.7 Å². The summed E-state index contributed by atoms with van der Waals surface area (Å²) < 4.78 is 0. The molecule has 9 nitrogen and oxygen atoms in total. The molecule has 180 valence electrons. The number of anilines is 1. The van der Waals surface area contributed by atoms with Crippen LogP contribution in [0.2, 0.25) is 10.0 Å². The van der Waals surface area contributed by atoms with Gasteiger partial charge in [-0.05, 0) is 43.0 Å². The van der Waals surface area contributed by atoms with Crippen LogP contribution in [-0.4, -0.2) is 42.1 Å². The van der Waals surface area contributed by atoms with Gasteiger partial charge in [0.2, 0.25) is 0 Å². The monoisotopic (exact) mass is 505 g/mol. The van der Waals surface area contributed by atoms with Gasteiger partial charge in [0.15, 0.2) is 0 Å². The van der Waals surface area contributed by atoms with Crippen LogP contribution in [0.4, 0.5) is 11.4 Å². The second-order valence-electron chi connectivity index (χ2n) is 8.25. The topological polar surface area (TPSA) is 117 Å². The van der Waals surface area contributed by atoms with E-state index in [2.05, 4.69) is 20.7 Å². The minimum atomic E-state index is -0.873. The van der Waals surface area contributed by atoms with Crippen LogP contribution in [-0.2, 0) is 4.79 Å². The number of carbonyl (C=O) groups is 2. The van der Waals surface area contributed by atoms with Gasteiger partial charge in [0, 0.05) is 42.0 Å². The van der Waals surface area contributed by atoms with Crippen LogP contribution in [0.5, 0.6) is 0 Å². The van der Waals surface area contributed by atoms with Crippen LogP contribution in [0.25, 0.3) is 0 Å². The number of hydrazone groups is 1. The van der Waals surface area contributed by atoms with Crippen LogP contribution >= 0.6 is 23.2 Å². The minimum Gasteiger partial charge on any atom is -0.371 e. The van der Waals surface area contributed by atoms with Crippen molar-refractivity contribution in [1.29, 1.82) is 0 Å². The summed E-state index contributed by atoms with van der Waals surface area (Å²) in [6, 6.07) is 8.15. The van der Waals surface area contributed by atoms with E-state index >= 15 is 0 Å². The molecule has 1 fully saturated rings.